The van der Waals surface area contributed by atoms with E-state index in [0.717, 1.165) is 51.7 Å². The molecule has 2 atom stereocenters. The smallest absolute Gasteiger partial charge is 0.243 e. The van der Waals surface area contributed by atoms with Gasteiger partial charge in [0.25, 0.3) is 0 Å². The molecule has 0 saturated carbocycles. The highest BCUT2D eigenvalue weighted by Gasteiger charge is 2.46. The van der Waals surface area contributed by atoms with Crippen LogP contribution in [-0.4, -0.2) is 81.7 Å². The summed E-state index contributed by atoms with van der Waals surface area (Å²) in [7, 11) is -1.83. The van der Waals surface area contributed by atoms with Crippen LogP contribution in [0.4, 0.5) is 5.69 Å². The van der Waals surface area contributed by atoms with Crippen molar-refractivity contribution in [3.05, 3.63) is 24.3 Å². The molecule has 3 fully saturated rings. The zero-order valence-electron chi connectivity index (χ0n) is 18.2. The largest absolute Gasteiger partial charge is 0.377 e. The molecule has 0 radical (unpaired) electrons. The highest BCUT2D eigenvalue weighted by molar-refractivity contribution is 7.89. The normalized spacial score (nSPS) is 28.1. The molecule has 172 valence electrons. The minimum atomic E-state index is -3.53. The minimum absolute atomic E-state index is 0.0467. The Balaban J connectivity index is 1.36. The molecule has 1 aromatic carbocycles. The molecule has 4 rings (SSSR count). The third kappa shape index (κ3) is 4.96. The van der Waals surface area contributed by atoms with Crippen LogP contribution in [0.5, 0.6) is 0 Å². The van der Waals surface area contributed by atoms with Gasteiger partial charge in [-0.1, -0.05) is 12.5 Å². The van der Waals surface area contributed by atoms with E-state index in [2.05, 4.69) is 10.2 Å². The molecule has 8 nitrogen and oxygen atoms in total. The van der Waals surface area contributed by atoms with E-state index in [1.54, 1.807) is 31.4 Å². The molecule has 0 aliphatic carbocycles. The van der Waals surface area contributed by atoms with Gasteiger partial charge in [0.2, 0.25) is 15.9 Å². The number of carbonyl (C=O) groups is 1. The van der Waals surface area contributed by atoms with Gasteiger partial charge in [-0.25, -0.2) is 8.42 Å². The summed E-state index contributed by atoms with van der Waals surface area (Å²) in [6.07, 6.45) is 5.70. The first kappa shape index (κ1) is 22.7. The van der Waals surface area contributed by atoms with Crippen molar-refractivity contribution < 1.29 is 22.7 Å². The summed E-state index contributed by atoms with van der Waals surface area (Å²) < 4.78 is 39.1. The fourth-order valence-corrected chi connectivity index (χ4v) is 6.56. The van der Waals surface area contributed by atoms with Crippen LogP contribution < -0.4 is 5.32 Å². The summed E-state index contributed by atoms with van der Waals surface area (Å²) in [4.78, 5) is 15.0. The van der Waals surface area contributed by atoms with Crippen LogP contribution >= 0.6 is 0 Å². The van der Waals surface area contributed by atoms with E-state index in [-0.39, 0.29) is 29.1 Å². The zero-order valence-corrected chi connectivity index (χ0v) is 19.0. The van der Waals surface area contributed by atoms with Crippen molar-refractivity contribution in [1.82, 2.24) is 9.21 Å². The lowest BCUT2D eigenvalue weighted by Crippen LogP contribution is -2.57. The van der Waals surface area contributed by atoms with Gasteiger partial charge in [0, 0.05) is 45.6 Å². The molecule has 1 amide bonds. The average molecular weight is 452 g/mol. The predicted molar refractivity (Wildman–Crippen MR) is 117 cm³/mol. The SMILES string of the molecule is CO[C@@H]1CN(CC(=O)Nc2cccc(S(=O)(=O)N3CCCCC3)c2)CC[C@@]12CCCO2. The van der Waals surface area contributed by atoms with Gasteiger partial charge in [-0.15, -0.1) is 0 Å². The second-order valence-corrected chi connectivity index (χ2v) is 10.7. The Kier molecular flexibility index (Phi) is 6.98. The number of nitrogens with zero attached hydrogens (tertiary/aromatic N) is 2. The molecule has 1 aromatic rings. The van der Waals surface area contributed by atoms with E-state index in [0.29, 0.717) is 25.3 Å². The van der Waals surface area contributed by atoms with Gasteiger partial charge >= 0.3 is 0 Å². The third-order valence-corrected chi connectivity index (χ3v) is 8.61. The van der Waals surface area contributed by atoms with Gasteiger partial charge in [0.05, 0.1) is 23.1 Å². The topological polar surface area (TPSA) is 88.2 Å². The molecule has 0 unspecified atom stereocenters. The summed E-state index contributed by atoms with van der Waals surface area (Å²) in [5.74, 6) is -0.161. The maximum absolute atomic E-state index is 12.9. The van der Waals surface area contributed by atoms with Crippen molar-refractivity contribution in [2.24, 2.45) is 0 Å². The lowest BCUT2D eigenvalue weighted by molar-refractivity contribution is -0.145. The Morgan fingerprint density at radius 2 is 2.00 bits per heavy atom. The zero-order chi connectivity index (χ0) is 21.9. The van der Waals surface area contributed by atoms with Crippen LogP contribution in [0.3, 0.4) is 0 Å². The highest BCUT2D eigenvalue weighted by Crippen LogP contribution is 2.37. The summed E-state index contributed by atoms with van der Waals surface area (Å²) in [6.45, 7) is 3.54. The number of nitrogens with one attached hydrogen (secondary N) is 1. The lowest BCUT2D eigenvalue weighted by atomic mass is 9.86. The van der Waals surface area contributed by atoms with Crippen LogP contribution in [0, 0.1) is 0 Å². The van der Waals surface area contributed by atoms with Crippen molar-refractivity contribution in [2.75, 3.05) is 51.8 Å². The molecule has 3 aliphatic rings. The van der Waals surface area contributed by atoms with E-state index < -0.39 is 10.0 Å². The van der Waals surface area contributed by atoms with Crippen LogP contribution in [-0.2, 0) is 24.3 Å². The Labute approximate surface area is 184 Å². The second-order valence-electron chi connectivity index (χ2n) is 8.77. The van der Waals surface area contributed by atoms with Crippen LogP contribution in [0.1, 0.15) is 38.5 Å². The molecule has 1 N–H and O–H groups in total. The number of anilines is 1. The molecule has 0 aromatic heterocycles. The van der Waals surface area contributed by atoms with E-state index in [1.807, 2.05) is 0 Å². The molecular weight excluding hydrogens is 418 g/mol. The first-order chi connectivity index (χ1) is 14.9. The standard InChI is InChI=1S/C22H33N3O5S/c1-29-20-16-24(13-10-22(20)9-6-14-30-22)17-21(26)23-18-7-5-8-19(15-18)31(27,28)25-11-3-2-4-12-25/h5,7-8,15,20H,2-4,6,9-14,16-17H2,1H3,(H,23,26)/t20-,22+/m1/s1. The van der Waals surface area contributed by atoms with E-state index in [9.17, 15) is 13.2 Å². The van der Waals surface area contributed by atoms with Gasteiger partial charge in [-0.05, 0) is 50.3 Å². The number of piperidine rings is 2. The molecule has 3 aliphatic heterocycles. The minimum Gasteiger partial charge on any atom is -0.377 e. The summed E-state index contributed by atoms with van der Waals surface area (Å²) in [5, 5.41) is 2.86. The lowest BCUT2D eigenvalue weighted by Gasteiger charge is -2.44. The Morgan fingerprint density at radius 3 is 2.71 bits per heavy atom. The second kappa shape index (κ2) is 9.54. The predicted octanol–water partition coefficient (Wildman–Crippen LogP) is 2.07. The number of hydrogen-bond acceptors (Lipinski definition) is 6. The van der Waals surface area contributed by atoms with Gasteiger partial charge in [-0.3, -0.25) is 9.69 Å². The fraction of sp³-hybridized carbons (Fsp3) is 0.682. The van der Waals surface area contributed by atoms with Gasteiger partial charge in [0.1, 0.15) is 0 Å². The Morgan fingerprint density at radius 1 is 1.19 bits per heavy atom. The number of ether oxygens (including phenoxy) is 2. The van der Waals surface area contributed by atoms with Crippen LogP contribution in [0.15, 0.2) is 29.2 Å². The fourth-order valence-electron chi connectivity index (χ4n) is 5.00. The number of carbonyl (C=O) groups excluding carboxylic acids is 1. The van der Waals surface area contributed by atoms with E-state index in [4.69, 9.17) is 9.47 Å². The van der Waals surface area contributed by atoms with E-state index in [1.165, 1.54) is 4.31 Å². The maximum atomic E-state index is 12.9. The van der Waals surface area contributed by atoms with Crippen molar-refractivity contribution >= 4 is 21.6 Å². The van der Waals surface area contributed by atoms with Crippen LogP contribution in [0.25, 0.3) is 0 Å². The molecule has 9 heteroatoms. The number of likely N-dealkylation sites (tertiary alicyclic amines) is 1. The maximum Gasteiger partial charge on any atom is 0.243 e. The van der Waals surface area contributed by atoms with Crippen LogP contribution in [0.2, 0.25) is 0 Å². The molecule has 3 heterocycles. The highest BCUT2D eigenvalue weighted by atomic mass is 32.2. The number of benzene rings is 1. The first-order valence-electron chi connectivity index (χ1n) is 11.2. The molecule has 1 spiro atoms. The molecule has 3 saturated heterocycles. The Hall–Kier alpha value is -1.52. The van der Waals surface area contributed by atoms with Crippen molar-refractivity contribution in [3.63, 3.8) is 0 Å². The van der Waals surface area contributed by atoms with Crippen molar-refractivity contribution in [3.8, 4) is 0 Å². The monoisotopic (exact) mass is 451 g/mol. The summed E-state index contributed by atoms with van der Waals surface area (Å²) in [6, 6.07) is 6.55. The summed E-state index contributed by atoms with van der Waals surface area (Å²) >= 11 is 0. The quantitative estimate of drug-likeness (QED) is 0.712. The first-order valence-corrected chi connectivity index (χ1v) is 12.7. The third-order valence-electron chi connectivity index (χ3n) is 6.72. The average Bonchev–Trinajstić information content (AvgIpc) is 3.25. The molecular formula is C22H33N3O5S. The number of methoxy groups -OCH3 is 1. The van der Waals surface area contributed by atoms with Gasteiger partial charge in [-0.2, -0.15) is 4.31 Å². The molecule has 0 bridgehead atoms. The van der Waals surface area contributed by atoms with E-state index >= 15 is 0 Å². The number of rotatable bonds is 6. The number of amides is 1. The van der Waals surface area contributed by atoms with Gasteiger partial charge < -0.3 is 14.8 Å². The number of sulfonamides is 1. The van der Waals surface area contributed by atoms with Crippen molar-refractivity contribution in [1.29, 1.82) is 0 Å². The Bertz CT molecular complexity index is 879. The van der Waals surface area contributed by atoms with Crippen molar-refractivity contribution in [2.45, 2.75) is 55.1 Å². The number of hydrogen-bond donors (Lipinski definition) is 1. The molecule has 31 heavy (non-hydrogen) atoms. The van der Waals surface area contributed by atoms with Gasteiger partial charge in [0.15, 0.2) is 0 Å². The summed E-state index contributed by atoms with van der Waals surface area (Å²) in [5.41, 5.74) is 0.290.